The van der Waals surface area contributed by atoms with Crippen molar-refractivity contribution in [3.63, 3.8) is 0 Å². The van der Waals surface area contributed by atoms with Crippen molar-refractivity contribution in [2.24, 2.45) is 0 Å². The molecule has 1 aromatic rings. The molecule has 0 radical (unpaired) electrons. The zero-order valence-electron chi connectivity index (χ0n) is 6.94. The Morgan fingerprint density at radius 3 is 3.15 bits per heavy atom. The number of alkyl halides is 1. The second kappa shape index (κ2) is 3.64. The van der Waals surface area contributed by atoms with Gasteiger partial charge in [-0.25, -0.2) is 0 Å². The van der Waals surface area contributed by atoms with Crippen molar-refractivity contribution >= 4 is 28.8 Å². The lowest BCUT2D eigenvalue weighted by molar-refractivity contribution is -0.128. The molecule has 1 unspecified atom stereocenters. The number of aromatic nitrogens is 1. The highest BCUT2D eigenvalue weighted by Crippen LogP contribution is 2.19. The van der Waals surface area contributed by atoms with E-state index in [2.05, 4.69) is 4.98 Å². The Labute approximate surface area is 85.3 Å². The SMILES string of the molecule is O=C1CC(Cl)CN1Cc1cncs1. The van der Waals surface area contributed by atoms with Crippen LogP contribution in [-0.4, -0.2) is 27.7 Å². The van der Waals surface area contributed by atoms with Crippen molar-refractivity contribution in [1.29, 1.82) is 0 Å². The highest BCUT2D eigenvalue weighted by Gasteiger charge is 2.27. The quantitative estimate of drug-likeness (QED) is 0.702. The molecule has 0 aliphatic carbocycles. The standard InChI is InChI=1S/C8H9ClN2OS/c9-6-1-8(12)11(3-6)4-7-2-10-5-13-7/h2,5-6H,1,3-4H2. The van der Waals surface area contributed by atoms with Crippen LogP contribution in [0.15, 0.2) is 11.7 Å². The molecule has 1 fully saturated rings. The molecule has 3 nitrogen and oxygen atoms in total. The molecule has 13 heavy (non-hydrogen) atoms. The Balaban J connectivity index is 1.99. The number of hydrogen-bond donors (Lipinski definition) is 0. The fraction of sp³-hybridized carbons (Fsp3) is 0.500. The van der Waals surface area contributed by atoms with Crippen LogP contribution < -0.4 is 0 Å². The molecule has 1 amide bonds. The summed E-state index contributed by atoms with van der Waals surface area (Å²) >= 11 is 7.43. The third-order valence-electron chi connectivity index (χ3n) is 2.00. The summed E-state index contributed by atoms with van der Waals surface area (Å²) in [6, 6.07) is 0. The lowest BCUT2D eigenvalue weighted by atomic mass is 10.4. The molecule has 0 saturated carbocycles. The van der Waals surface area contributed by atoms with E-state index in [9.17, 15) is 4.79 Å². The summed E-state index contributed by atoms with van der Waals surface area (Å²) in [5, 5.41) is -0.0135. The molecule has 1 saturated heterocycles. The first-order chi connectivity index (χ1) is 6.25. The molecular formula is C8H9ClN2OS. The van der Waals surface area contributed by atoms with E-state index in [1.807, 2.05) is 0 Å². The summed E-state index contributed by atoms with van der Waals surface area (Å²) in [5.41, 5.74) is 1.77. The summed E-state index contributed by atoms with van der Waals surface area (Å²) < 4.78 is 0. The monoisotopic (exact) mass is 216 g/mol. The minimum absolute atomic E-state index is 0.0135. The maximum absolute atomic E-state index is 11.3. The fourth-order valence-corrected chi connectivity index (χ4v) is 2.29. The Hall–Kier alpha value is -0.610. The molecule has 1 atom stereocenters. The summed E-state index contributed by atoms with van der Waals surface area (Å²) in [7, 11) is 0. The van der Waals surface area contributed by atoms with Gasteiger partial charge < -0.3 is 4.90 Å². The van der Waals surface area contributed by atoms with E-state index in [-0.39, 0.29) is 11.3 Å². The second-order valence-electron chi connectivity index (χ2n) is 3.04. The first kappa shape index (κ1) is 8.97. The van der Waals surface area contributed by atoms with Crippen molar-refractivity contribution in [3.8, 4) is 0 Å². The largest absolute Gasteiger partial charge is 0.336 e. The van der Waals surface area contributed by atoms with Gasteiger partial charge in [0.25, 0.3) is 0 Å². The van der Waals surface area contributed by atoms with E-state index in [0.29, 0.717) is 19.5 Å². The van der Waals surface area contributed by atoms with Crippen molar-refractivity contribution in [1.82, 2.24) is 9.88 Å². The van der Waals surface area contributed by atoms with E-state index < -0.39 is 0 Å². The van der Waals surface area contributed by atoms with Crippen LogP contribution in [0, 0.1) is 0 Å². The van der Waals surface area contributed by atoms with E-state index in [1.165, 1.54) is 0 Å². The van der Waals surface area contributed by atoms with Gasteiger partial charge in [0.2, 0.25) is 5.91 Å². The highest BCUT2D eigenvalue weighted by molar-refractivity contribution is 7.09. The van der Waals surface area contributed by atoms with Gasteiger partial charge in [0.1, 0.15) is 0 Å². The summed E-state index contributed by atoms with van der Waals surface area (Å²) in [6.07, 6.45) is 2.26. The zero-order chi connectivity index (χ0) is 9.26. The molecule has 1 aromatic heterocycles. The number of carbonyl (C=O) groups excluding carboxylic acids is 1. The lowest BCUT2D eigenvalue weighted by Gasteiger charge is -2.13. The first-order valence-electron chi connectivity index (χ1n) is 4.05. The average molecular weight is 217 g/mol. The molecule has 2 heterocycles. The van der Waals surface area contributed by atoms with Gasteiger partial charge in [-0.3, -0.25) is 9.78 Å². The van der Waals surface area contributed by atoms with Crippen molar-refractivity contribution < 1.29 is 4.79 Å². The van der Waals surface area contributed by atoms with Crippen molar-refractivity contribution in [3.05, 3.63) is 16.6 Å². The van der Waals surface area contributed by atoms with E-state index in [1.54, 1.807) is 27.9 Å². The molecule has 1 aliphatic rings. The number of amides is 1. The summed E-state index contributed by atoms with van der Waals surface area (Å²) in [6.45, 7) is 1.32. The van der Waals surface area contributed by atoms with Crippen LogP contribution in [0.2, 0.25) is 0 Å². The summed E-state index contributed by atoms with van der Waals surface area (Å²) in [4.78, 5) is 18.2. The predicted molar refractivity (Wildman–Crippen MR) is 51.8 cm³/mol. The molecule has 1 aliphatic heterocycles. The normalized spacial score (nSPS) is 22.7. The van der Waals surface area contributed by atoms with Gasteiger partial charge in [-0.15, -0.1) is 22.9 Å². The van der Waals surface area contributed by atoms with Crippen molar-refractivity contribution in [2.75, 3.05) is 6.54 Å². The summed E-state index contributed by atoms with van der Waals surface area (Å²) in [5.74, 6) is 0.147. The number of carbonyl (C=O) groups is 1. The predicted octanol–water partition coefficient (Wildman–Crippen LogP) is 1.48. The van der Waals surface area contributed by atoms with Gasteiger partial charge >= 0.3 is 0 Å². The maximum Gasteiger partial charge on any atom is 0.224 e. The number of likely N-dealkylation sites (tertiary alicyclic amines) is 1. The van der Waals surface area contributed by atoms with Crippen LogP contribution in [-0.2, 0) is 11.3 Å². The number of rotatable bonds is 2. The van der Waals surface area contributed by atoms with Gasteiger partial charge in [-0.2, -0.15) is 0 Å². The van der Waals surface area contributed by atoms with Gasteiger partial charge in [-0.05, 0) is 0 Å². The van der Waals surface area contributed by atoms with E-state index in [0.717, 1.165) is 4.88 Å². The third-order valence-corrected chi connectivity index (χ3v) is 3.05. The van der Waals surface area contributed by atoms with Gasteiger partial charge in [0.05, 0.1) is 17.4 Å². The maximum atomic E-state index is 11.3. The fourth-order valence-electron chi connectivity index (χ4n) is 1.39. The number of nitrogens with zero attached hydrogens (tertiary/aromatic N) is 2. The number of hydrogen-bond acceptors (Lipinski definition) is 3. The smallest absolute Gasteiger partial charge is 0.224 e. The Morgan fingerprint density at radius 2 is 2.62 bits per heavy atom. The third kappa shape index (κ3) is 2.00. The van der Waals surface area contributed by atoms with Crippen LogP contribution in [0.5, 0.6) is 0 Å². The minimum atomic E-state index is -0.0135. The Morgan fingerprint density at radius 1 is 1.77 bits per heavy atom. The molecule has 70 valence electrons. The van der Waals surface area contributed by atoms with Gasteiger partial charge in [-0.1, -0.05) is 0 Å². The molecule has 0 bridgehead atoms. The van der Waals surface area contributed by atoms with Crippen LogP contribution in [0.4, 0.5) is 0 Å². The van der Waals surface area contributed by atoms with Crippen LogP contribution in [0.3, 0.4) is 0 Å². The molecule has 5 heteroatoms. The van der Waals surface area contributed by atoms with Crippen molar-refractivity contribution in [2.45, 2.75) is 18.3 Å². The van der Waals surface area contributed by atoms with Crippen LogP contribution >= 0.6 is 22.9 Å². The molecule has 0 spiro atoms. The highest BCUT2D eigenvalue weighted by atomic mass is 35.5. The first-order valence-corrected chi connectivity index (χ1v) is 5.36. The molecule has 2 rings (SSSR count). The Kier molecular flexibility index (Phi) is 2.51. The Bertz CT molecular complexity index is 301. The number of halogens is 1. The minimum Gasteiger partial charge on any atom is -0.336 e. The van der Waals surface area contributed by atoms with E-state index in [4.69, 9.17) is 11.6 Å². The molecule has 0 aromatic carbocycles. The second-order valence-corrected chi connectivity index (χ2v) is 4.63. The van der Waals surface area contributed by atoms with Gasteiger partial charge in [0, 0.05) is 24.0 Å². The zero-order valence-corrected chi connectivity index (χ0v) is 8.51. The van der Waals surface area contributed by atoms with Crippen LogP contribution in [0.25, 0.3) is 0 Å². The average Bonchev–Trinajstić information content (AvgIpc) is 2.63. The topological polar surface area (TPSA) is 33.2 Å². The molecule has 0 N–H and O–H groups in total. The molecular weight excluding hydrogens is 208 g/mol. The van der Waals surface area contributed by atoms with Crippen LogP contribution in [0.1, 0.15) is 11.3 Å². The van der Waals surface area contributed by atoms with E-state index >= 15 is 0 Å². The lowest BCUT2D eigenvalue weighted by Crippen LogP contribution is -2.24. The van der Waals surface area contributed by atoms with Gasteiger partial charge in [0.15, 0.2) is 0 Å². The number of thiazole rings is 1.